The van der Waals surface area contributed by atoms with E-state index in [0.29, 0.717) is 23.3 Å². The Hall–Kier alpha value is -2.21. The molecule has 0 saturated carbocycles. The number of fused-ring (bicyclic) bond motifs is 3. The molecule has 5 rings (SSSR count). The molecule has 0 spiro atoms. The molecule has 0 radical (unpaired) electrons. The maximum atomic E-state index is 11.8. The van der Waals surface area contributed by atoms with Crippen LogP contribution in [0, 0.1) is 0 Å². The highest BCUT2D eigenvalue weighted by atomic mass is 16.7. The molecule has 1 aromatic carbocycles. The number of hydrogen-bond donors (Lipinski definition) is 7. The number of rotatable bonds is 7. The van der Waals surface area contributed by atoms with Crippen LogP contribution in [0.1, 0.15) is 19.4 Å². The summed E-state index contributed by atoms with van der Waals surface area (Å²) in [6.07, 6.45) is -15.6. The van der Waals surface area contributed by atoms with Gasteiger partial charge in [0.05, 0.1) is 13.2 Å². The van der Waals surface area contributed by atoms with Crippen molar-refractivity contribution in [3.63, 3.8) is 0 Å². The minimum atomic E-state index is -1.70. The Balaban J connectivity index is 1.26. The summed E-state index contributed by atoms with van der Waals surface area (Å²) in [5.41, 5.74) is -0.538. The lowest BCUT2D eigenvalue weighted by atomic mass is 9.95. The van der Waals surface area contributed by atoms with Gasteiger partial charge in [0.15, 0.2) is 12.6 Å². The fraction of sp³-hybridized carbons (Fsp3) is 0.654. The molecule has 11 atom stereocenters. The summed E-state index contributed by atoms with van der Waals surface area (Å²) >= 11 is 0. The van der Waals surface area contributed by atoms with Crippen LogP contribution in [0.25, 0.3) is 11.0 Å². The van der Waals surface area contributed by atoms with Gasteiger partial charge in [-0.1, -0.05) is 0 Å². The molecule has 0 amide bonds. The summed E-state index contributed by atoms with van der Waals surface area (Å²) in [4.78, 5) is 11.8. The first-order valence-corrected chi connectivity index (χ1v) is 12.9. The first-order valence-electron chi connectivity index (χ1n) is 12.9. The van der Waals surface area contributed by atoms with E-state index in [1.807, 2.05) is 0 Å². The van der Waals surface area contributed by atoms with Crippen LogP contribution in [0.2, 0.25) is 0 Å². The second-order valence-corrected chi connectivity index (χ2v) is 10.8. The molecule has 7 N–H and O–H groups in total. The molecule has 4 heterocycles. The smallest absolute Gasteiger partial charge is 0.336 e. The van der Waals surface area contributed by atoms with Gasteiger partial charge in [0.1, 0.15) is 71.9 Å². The zero-order valence-corrected chi connectivity index (χ0v) is 21.8. The van der Waals surface area contributed by atoms with E-state index in [1.54, 1.807) is 32.0 Å². The van der Waals surface area contributed by atoms with Crippen LogP contribution >= 0.6 is 0 Å². The second-order valence-electron chi connectivity index (χ2n) is 10.8. The van der Waals surface area contributed by atoms with Gasteiger partial charge in [0, 0.05) is 23.4 Å². The first-order chi connectivity index (χ1) is 18.9. The predicted octanol–water partition coefficient (Wildman–Crippen LogP) is -2.48. The minimum absolute atomic E-state index is 0.310. The SMILES string of the molecule is CC(C)(OC1OC(COC2OC(CO)C(O)C(O)C2O)C(O)C(O)C1O)C1Cc2c(ccc3ccc(=O)oc23)O1. The minimum Gasteiger partial charge on any atom is -0.487 e. The summed E-state index contributed by atoms with van der Waals surface area (Å²) < 4.78 is 34.0. The molecule has 2 saturated heterocycles. The van der Waals surface area contributed by atoms with Crippen molar-refractivity contribution < 1.29 is 63.8 Å². The fourth-order valence-corrected chi connectivity index (χ4v) is 5.17. The largest absolute Gasteiger partial charge is 0.487 e. The van der Waals surface area contributed by atoms with E-state index in [-0.39, 0.29) is 0 Å². The lowest BCUT2D eigenvalue weighted by molar-refractivity contribution is -0.345. The first kappa shape index (κ1) is 29.3. The highest BCUT2D eigenvalue weighted by molar-refractivity contribution is 5.82. The molecule has 0 bridgehead atoms. The second kappa shape index (κ2) is 11.2. The van der Waals surface area contributed by atoms with Crippen LogP contribution < -0.4 is 10.4 Å². The van der Waals surface area contributed by atoms with Gasteiger partial charge >= 0.3 is 5.63 Å². The van der Waals surface area contributed by atoms with Crippen LogP contribution in [0.15, 0.2) is 33.5 Å². The molecule has 3 aliphatic rings. The van der Waals surface area contributed by atoms with Gasteiger partial charge in [-0.05, 0) is 32.0 Å². The number of aliphatic hydroxyl groups is 7. The average molecular weight is 571 g/mol. The zero-order chi connectivity index (χ0) is 28.9. The maximum absolute atomic E-state index is 11.8. The van der Waals surface area contributed by atoms with Crippen molar-refractivity contribution in [1.29, 1.82) is 0 Å². The topological polar surface area (TPSA) is 218 Å². The average Bonchev–Trinajstić information content (AvgIpc) is 3.38. The molecular formula is C26H34O14. The number of benzene rings is 1. The highest BCUT2D eigenvalue weighted by Gasteiger charge is 2.50. The Morgan fingerprint density at radius 2 is 1.48 bits per heavy atom. The van der Waals surface area contributed by atoms with E-state index in [1.165, 1.54) is 6.07 Å². The third-order valence-corrected chi connectivity index (χ3v) is 7.65. The van der Waals surface area contributed by atoms with Crippen LogP contribution in [0.4, 0.5) is 0 Å². The Kier molecular flexibility index (Phi) is 8.22. The van der Waals surface area contributed by atoms with Gasteiger partial charge in [0.2, 0.25) is 0 Å². The van der Waals surface area contributed by atoms with Crippen LogP contribution in [-0.2, 0) is 25.4 Å². The third-order valence-electron chi connectivity index (χ3n) is 7.65. The summed E-state index contributed by atoms with van der Waals surface area (Å²) in [5, 5.41) is 71.8. The van der Waals surface area contributed by atoms with E-state index >= 15 is 0 Å². The number of aliphatic hydroxyl groups excluding tert-OH is 7. The van der Waals surface area contributed by atoms with Crippen LogP contribution in [-0.4, -0.2) is 122 Å². The van der Waals surface area contributed by atoms with Gasteiger partial charge in [-0.2, -0.15) is 0 Å². The zero-order valence-electron chi connectivity index (χ0n) is 21.8. The molecule has 222 valence electrons. The van der Waals surface area contributed by atoms with Crippen molar-refractivity contribution in [3.05, 3.63) is 40.2 Å². The summed E-state index contributed by atoms with van der Waals surface area (Å²) in [6, 6.07) is 6.50. The molecule has 2 aromatic rings. The quantitative estimate of drug-likeness (QED) is 0.172. The van der Waals surface area contributed by atoms with Gasteiger partial charge in [-0.3, -0.25) is 0 Å². The van der Waals surface area contributed by atoms with Crippen molar-refractivity contribution in [2.24, 2.45) is 0 Å². The van der Waals surface area contributed by atoms with E-state index in [2.05, 4.69) is 0 Å². The van der Waals surface area contributed by atoms with Crippen molar-refractivity contribution in [1.82, 2.24) is 0 Å². The molecule has 40 heavy (non-hydrogen) atoms. The maximum Gasteiger partial charge on any atom is 0.336 e. The molecule has 14 heteroatoms. The Morgan fingerprint density at radius 3 is 2.17 bits per heavy atom. The van der Waals surface area contributed by atoms with Crippen LogP contribution in [0.3, 0.4) is 0 Å². The van der Waals surface area contributed by atoms with E-state index < -0.39 is 92.0 Å². The van der Waals surface area contributed by atoms with Crippen molar-refractivity contribution in [2.45, 2.75) is 93.4 Å². The van der Waals surface area contributed by atoms with Crippen molar-refractivity contribution in [3.8, 4) is 5.75 Å². The number of ether oxygens (including phenoxy) is 5. The number of hydrogen-bond acceptors (Lipinski definition) is 14. The molecule has 3 aliphatic heterocycles. The Morgan fingerprint density at radius 1 is 0.850 bits per heavy atom. The fourth-order valence-electron chi connectivity index (χ4n) is 5.17. The molecule has 1 aromatic heterocycles. The van der Waals surface area contributed by atoms with Gasteiger partial charge < -0.3 is 63.8 Å². The lowest BCUT2D eigenvalue weighted by Crippen LogP contribution is -2.63. The monoisotopic (exact) mass is 570 g/mol. The highest BCUT2D eigenvalue weighted by Crippen LogP contribution is 2.40. The lowest BCUT2D eigenvalue weighted by Gasteiger charge is -2.45. The van der Waals surface area contributed by atoms with E-state index in [4.69, 9.17) is 28.1 Å². The van der Waals surface area contributed by atoms with E-state index in [0.717, 1.165) is 5.39 Å². The summed E-state index contributed by atoms with van der Waals surface area (Å²) in [7, 11) is 0. The van der Waals surface area contributed by atoms with Crippen molar-refractivity contribution in [2.75, 3.05) is 13.2 Å². The van der Waals surface area contributed by atoms with Crippen LogP contribution in [0.5, 0.6) is 5.75 Å². The van der Waals surface area contributed by atoms with Crippen molar-refractivity contribution >= 4 is 11.0 Å². The molecule has 0 aliphatic carbocycles. The molecule has 11 unspecified atom stereocenters. The molecule has 14 nitrogen and oxygen atoms in total. The molecular weight excluding hydrogens is 536 g/mol. The van der Waals surface area contributed by atoms with Gasteiger partial charge in [-0.15, -0.1) is 0 Å². The Labute approximate surface area is 227 Å². The van der Waals surface area contributed by atoms with E-state index in [9.17, 15) is 40.5 Å². The van der Waals surface area contributed by atoms with Gasteiger partial charge in [0.25, 0.3) is 0 Å². The standard InChI is InChI=1S/C26H34O14/c1-26(2,15-7-11-12(36-15)5-3-10-4-6-16(28)39-23(10)11)40-25-22(34)20(32)18(30)14(38-25)9-35-24-21(33)19(31)17(29)13(8-27)37-24/h3-6,13-15,17-22,24-25,27,29-34H,7-9H2,1-2H3. The normalized spacial score (nSPS) is 38.3. The molecule has 2 fully saturated rings. The summed E-state index contributed by atoms with van der Waals surface area (Å²) in [6.45, 7) is 2.24. The summed E-state index contributed by atoms with van der Waals surface area (Å²) in [5.74, 6) is 0.509. The van der Waals surface area contributed by atoms with Gasteiger partial charge in [-0.25, -0.2) is 4.79 Å². The third kappa shape index (κ3) is 5.37. The predicted molar refractivity (Wildman–Crippen MR) is 132 cm³/mol. The Bertz CT molecular complexity index is 1250.